The van der Waals surface area contributed by atoms with E-state index in [1.54, 1.807) is 4.90 Å². The zero-order valence-electron chi connectivity index (χ0n) is 11.9. The number of nitrogens with one attached hydrogen (secondary N) is 1. The largest absolute Gasteiger partial charge is 0.389 e. The number of likely N-dealkylation sites (N-methyl/N-ethyl adjacent to an activating group) is 2. The first kappa shape index (κ1) is 14.7. The Hall–Kier alpha value is -1.69. The molecule has 1 amide bonds. The normalized spacial score (nSPS) is 12.9. The van der Waals surface area contributed by atoms with Gasteiger partial charge in [-0.2, -0.15) is 0 Å². The number of thiocarbonyl (C=S) groups is 1. The Morgan fingerprint density at radius 1 is 1.55 bits per heavy atom. The molecule has 1 aromatic rings. The van der Waals surface area contributed by atoms with Crippen LogP contribution >= 0.6 is 12.2 Å². The van der Waals surface area contributed by atoms with Crippen molar-refractivity contribution in [3.8, 4) is 0 Å². The molecule has 2 rings (SSSR count). The zero-order chi connectivity index (χ0) is 14.7. The van der Waals surface area contributed by atoms with E-state index in [0.717, 1.165) is 30.5 Å². The molecule has 0 spiro atoms. The molecule has 0 saturated heterocycles. The number of hydrogen-bond acceptors (Lipinski definition) is 4. The molecule has 0 saturated carbocycles. The summed E-state index contributed by atoms with van der Waals surface area (Å²) in [5.41, 5.74) is 8.88. The number of fused-ring (bicyclic) bond motifs is 1. The van der Waals surface area contributed by atoms with Crippen LogP contribution in [0.1, 0.15) is 30.2 Å². The van der Waals surface area contributed by atoms with Gasteiger partial charge in [-0.05, 0) is 37.8 Å². The number of nitrogens with zero attached hydrogens (tertiary/aromatic N) is 2. The van der Waals surface area contributed by atoms with E-state index >= 15 is 0 Å². The molecule has 1 aliphatic rings. The molecule has 1 aliphatic carbocycles. The third kappa shape index (κ3) is 3.07. The second-order valence-corrected chi connectivity index (χ2v) is 5.43. The fraction of sp³-hybridized carbons (Fsp3) is 0.500. The van der Waals surface area contributed by atoms with Crippen LogP contribution in [0.3, 0.4) is 0 Å². The molecule has 5 nitrogen and oxygen atoms in total. The highest BCUT2D eigenvalue weighted by Gasteiger charge is 2.20. The van der Waals surface area contributed by atoms with E-state index in [9.17, 15) is 4.79 Å². The summed E-state index contributed by atoms with van der Waals surface area (Å²) < 4.78 is 0. The summed E-state index contributed by atoms with van der Waals surface area (Å²) in [6.07, 6.45) is 3.12. The Kier molecular flexibility index (Phi) is 4.54. The molecular weight excluding hydrogens is 272 g/mol. The molecule has 1 aromatic heterocycles. The maximum atomic E-state index is 11.7. The van der Waals surface area contributed by atoms with Gasteiger partial charge >= 0.3 is 0 Å². The summed E-state index contributed by atoms with van der Waals surface area (Å²) in [6, 6.07) is 2.03. The minimum absolute atomic E-state index is 0.0359. The highest BCUT2D eigenvalue weighted by atomic mass is 32.1. The summed E-state index contributed by atoms with van der Waals surface area (Å²) >= 11 is 5.12. The average molecular weight is 292 g/mol. The molecule has 0 bridgehead atoms. The van der Waals surface area contributed by atoms with Gasteiger partial charge in [-0.25, -0.2) is 4.98 Å². The lowest BCUT2D eigenvalue weighted by molar-refractivity contribution is -0.119. The number of rotatable bonds is 5. The topological polar surface area (TPSA) is 71.2 Å². The van der Waals surface area contributed by atoms with Crippen LogP contribution in [0.25, 0.3) is 0 Å². The van der Waals surface area contributed by atoms with Gasteiger partial charge in [-0.3, -0.25) is 4.79 Å². The van der Waals surface area contributed by atoms with E-state index in [1.165, 1.54) is 5.56 Å². The van der Waals surface area contributed by atoms with Crippen LogP contribution in [0.15, 0.2) is 6.07 Å². The van der Waals surface area contributed by atoms with Crippen molar-refractivity contribution >= 4 is 28.9 Å². The van der Waals surface area contributed by atoms with Crippen molar-refractivity contribution in [1.29, 1.82) is 0 Å². The number of pyridine rings is 1. The molecule has 6 heteroatoms. The van der Waals surface area contributed by atoms with Crippen LogP contribution in [0.2, 0.25) is 0 Å². The Balaban J connectivity index is 2.29. The number of nitrogens with two attached hydrogens (primary N) is 1. The van der Waals surface area contributed by atoms with Gasteiger partial charge in [0.1, 0.15) is 10.8 Å². The van der Waals surface area contributed by atoms with E-state index in [-0.39, 0.29) is 12.5 Å². The van der Waals surface area contributed by atoms with Gasteiger partial charge in [0, 0.05) is 19.3 Å². The molecule has 0 unspecified atom stereocenters. The van der Waals surface area contributed by atoms with Crippen molar-refractivity contribution in [3.63, 3.8) is 0 Å². The first-order valence-electron chi connectivity index (χ1n) is 6.83. The molecule has 108 valence electrons. The van der Waals surface area contributed by atoms with Crippen molar-refractivity contribution in [2.45, 2.75) is 26.2 Å². The molecule has 0 aliphatic heterocycles. The minimum atomic E-state index is -0.0359. The van der Waals surface area contributed by atoms with Crippen molar-refractivity contribution in [1.82, 2.24) is 10.3 Å². The summed E-state index contributed by atoms with van der Waals surface area (Å²) in [5.74, 6) is 0.663. The molecular formula is C14H20N4OS. The molecule has 20 heavy (non-hydrogen) atoms. The van der Waals surface area contributed by atoms with Gasteiger partial charge in [-0.15, -0.1) is 0 Å². The molecule has 3 N–H and O–H groups in total. The number of aromatic nitrogens is 1. The Bertz CT molecular complexity index is 544. The lowest BCUT2D eigenvalue weighted by Gasteiger charge is -2.21. The summed E-state index contributed by atoms with van der Waals surface area (Å²) in [5, 5.41) is 2.77. The quantitative estimate of drug-likeness (QED) is 0.785. The van der Waals surface area contributed by atoms with Crippen LogP contribution in [-0.2, 0) is 17.6 Å². The summed E-state index contributed by atoms with van der Waals surface area (Å²) in [4.78, 5) is 18.5. The SMILES string of the molecule is CCNC(=O)CN(C)c1nc2c(cc1C(N)=S)CCC2. The number of carbonyl (C=O) groups is 1. The second kappa shape index (κ2) is 6.17. The lowest BCUT2D eigenvalue weighted by atomic mass is 10.1. The highest BCUT2D eigenvalue weighted by molar-refractivity contribution is 7.80. The summed E-state index contributed by atoms with van der Waals surface area (Å²) in [7, 11) is 1.83. The molecule has 0 radical (unpaired) electrons. The van der Waals surface area contributed by atoms with Crippen molar-refractivity contribution in [2.75, 3.05) is 25.0 Å². The minimum Gasteiger partial charge on any atom is -0.389 e. The Labute approximate surface area is 124 Å². The van der Waals surface area contributed by atoms with Crippen molar-refractivity contribution in [2.24, 2.45) is 5.73 Å². The van der Waals surface area contributed by atoms with Crippen molar-refractivity contribution < 1.29 is 4.79 Å². The van der Waals surface area contributed by atoms with E-state index in [0.29, 0.717) is 17.4 Å². The fourth-order valence-electron chi connectivity index (χ4n) is 2.48. The monoisotopic (exact) mass is 292 g/mol. The maximum Gasteiger partial charge on any atom is 0.239 e. The number of amides is 1. The molecule has 1 heterocycles. The number of hydrogen-bond donors (Lipinski definition) is 2. The summed E-state index contributed by atoms with van der Waals surface area (Å²) in [6.45, 7) is 2.76. The number of aryl methyl sites for hydroxylation is 2. The number of carbonyl (C=O) groups excluding carboxylic acids is 1. The van der Waals surface area contributed by atoms with Crippen LogP contribution in [0.4, 0.5) is 5.82 Å². The predicted molar refractivity (Wildman–Crippen MR) is 84.1 cm³/mol. The van der Waals surface area contributed by atoms with Gasteiger partial charge in [0.15, 0.2) is 0 Å². The third-order valence-corrected chi connectivity index (χ3v) is 3.63. The first-order valence-corrected chi connectivity index (χ1v) is 7.24. The predicted octanol–water partition coefficient (Wildman–Crippen LogP) is 0.777. The van der Waals surface area contributed by atoms with E-state index in [4.69, 9.17) is 18.0 Å². The van der Waals surface area contributed by atoms with Gasteiger partial charge in [0.05, 0.1) is 12.1 Å². The average Bonchev–Trinajstić information content (AvgIpc) is 2.84. The fourth-order valence-corrected chi connectivity index (χ4v) is 2.63. The zero-order valence-corrected chi connectivity index (χ0v) is 12.7. The van der Waals surface area contributed by atoms with Crippen LogP contribution in [-0.4, -0.2) is 36.0 Å². The van der Waals surface area contributed by atoms with E-state index < -0.39 is 0 Å². The van der Waals surface area contributed by atoms with Gasteiger partial charge in [0.25, 0.3) is 0 Å². The van der Waals surface area contributed by atoms with Crippen LogP contribution in [0.5, 0.6) is 0 Å². The standard InChI is InChI=1S/C14H20N4OS/c1-3-16-12(19)8-18(2)14-10(13(15)20)7-9-5-4-6-11(9)17-14/h7H,3-6,8H2,1-2H3,(H2,15,20)(H,16,19). The van der Waals surface area contributed by atoms with Crippen LogP contribution in [0, 0.1) is 0 Å². The highest BCUT2D eigenvalue weighted by Crippen LogP contribution is 2.26. The van der Waals surface area contributed by atoms with Gasteiger partial charge in [-0.1, -0.05) is 12.2 Å². The van der Waals surface area contributed by atoms with Crippen molar-refractivity contribution in [3.05, 3.63) is 22.9 Å². The smallest absolute Gasteiger partial charge is 0.239 e. The molecule has 0 atom stereocenters. The van der Waals surface area contributed by atoms with Gasteiger partial charge in [0.2, 0.25) is 5.91 Å². The van der Waals surface area contributed by atoms with Gasteiger partial charge < -0.3 is 16.0 Å². The first-order chi connectivity index (χ1) is 9.52. The maximum absolute atomic E-state index is 11.7. The Morgan fingerprint density at radius 2 is 2.30 bits per heavy atom. The second-order valence-electron chi connectivity index (χ2n) is 4.99. The van der Waals surface area contributed by atoms with E-state index in [1.807, 2.05) is 20.0 Å². The van der Waals surface area contributed by atoms with Crippen LogP contribution < -0.4 is 16.0 Å². The third-order valence-electron chi connectivity index (χ3n) is 3.41. The number of anilines is 1. The lowest BCUT2D eigenvalue weighted by Crippen LogP contribution is -2.36. The van der Waals surface area contributed by atoms with E-state index in [2.05, 4.69) is 10.3 Å². The Morgan fingerprint density at radius 3 is 2.95 bits per heavy atom. The molecule has 0 fully saturated rings. The molecule has 0 aromatic carbocycles.